The summed E-state index contributed by atoms with van der Waals surface area (Å²) in [5.41, 5.74) is 2.03. The summed E-state index contributed by atoms with van der Waals surface area (Å²) in [5.74, 6) is 2.33. The molecule has 0 radical (unpaired) electrons. The number of aromatic nitrogens is 2. The molecule has 0 saturated heterocycles. The normalized spacial score (nSPS) is 10.3. The van der Waals surface area contributed by atoms with Crippen LogP contribution in [0.25, 0.3) is 0 Å². The van der Waals surface area contributed by atoms with Crippen LogP contribution in [0, 0.1) is 6.92 Å². The summed E-state index contributed by atoms with van der Waals surface area (Å²) in [4.78, 5) is 21.2. The fraction of sp³-hybridized carbons (Fsp3) is 0.227. The number of benzene rings is 2. The molecule has 2 aromatic carbocycles. The smallest absolute Gasteiger partial charge is 0.274 e. The molecule has 29 heavy (non-hydrogen) atoms. The molecule has 0 atom stereocenters. The number of ether oxygens (including phenoxy) is 2. The first-order valence-electron chi connectivity index (χ1n) is 9.26. The van der Waals surface area contributed by atoms with Gasteiger partial charge in [0.05, 0.1) is 14.2 Å². The molecule has 0 aliphatic carbocycles. The Balaban J connectivity index is 1.66. The number of anilines is 2. The molecule has 0 bridgehead atoms. The zero-order valence-electron chi connectivity index (χ0n) is 16.7. The van der Waals surface area contributed by atoms with Crippen LogP contribution in [0.3, 0.4) is 0 Å². The van der Waals surface area contributed by atoms with Gasteiger partial charge in [0.15, 0.2) is 0 Å². The van der Waals surface area contributed by atoms with Crippen LogP contribution >= 0.6 is 0 Å². The van der Waals surface area contributed by atoms with Gasteiger partial charge in [-0.1, -0.05) is 24.3 Å². The number of nitrogens with zero attached hydrogens (tertiary/aromatic N) is 2. The van der Waals surface area contributed by atoms with Gasteiger partial charge in [0.1, 0.15) is 28.8 Å². The molecular formula is C22H24N4O3. The fourth-order valence-corrected chi connectivity index (χ4v) is 2.91. The quantitative estimate of drug-likeness (QED) is 0.608. The lowest BCUT2D eigenvalue weighted by atomic mass is 10.1. The monoisotopic (exact) mass is 392 g/mol. The van der Waals surface area contributed by atoms with E-state index in [1.54, 1.807) is 39.3 Å². The van der Waals surface area contributed by atoms with Gasteiger partial charge in [-0.3, -0.25) is 4.79 Å². The van der Waals surface area contributed by atoms with E-state index in [9.17, 15) is 4.79 Å². The summed E-state index contributed by atoms with van der Waals surface area (Å²) in [7, 11) is 3.24. The summed E-state index contributed by atoms with van der Waals surface area (Å²) in [5, 5.41) is 6.09. The first kappa shape index (κ1) is 20.1. The van der Waals surface area contributed by atoms with E-state index in [0.29, 0.717) is 35.3 Å². The van der Waals surface area contributed by atoms with Gasteiger partial charge in [-0.15, -0.1) is 0 Å². The molecule has 1 aromatic heterocycles. The predicted octanol–water partition coefficient (Wildman–Crippen LogP) is 3.71. The van der Waals surface area contributed by atoms with E-state index in [-0.39, 0.29) is 5.91 Å². The Morgan fingerprint density at radius 2 is 1.83 bits per heavy atom. The minimum absolute atomic E-state index is 0.292. The molecule has 0 aliphatic heterocycles. The van der Waals surface area contributed by atoms with Gasteiger partial charge in [-0.2, -0.15) is 0 Å². The van der Waals surface area contributed by atoms with Crippen molar-refractivity contribution in [2.24, 2.45) is 0 Å². The lowest BCUT2D eigenvalue weighted by molar-refractivity contribution is 0.102. The number of carbonyl (C=O) groups is 1. The number of hydrogen-bond acceptors (Lipinski definition) is 6. The largest absolute Gasteiger partial charge is 0.497 e. The van der Waals surface area contributed by atoms with E-state index in [2.05, 4.69) is 20.6 Å². The van der Waals surface area contributed by atoms with Crippen molar-refractivity contribution in [2.45, 2.75) is 13.3 Å². The summed E-state index contributed by atoms with van der Waals surface area (Å²) >= 11 is 0. The molecule has 1 heterocycles. The number of amides is 1. The molecule has 7 nitrogen and oxygen atoms in total. The lowest BCUT2D eigenvalue weighted by Crippen LogP contribution is -2.16. The van der Waals surface area contributed by atoms with Crippen LogP contribution in [0.15, 0.2) is 54.6 Å². The molecule has 3 rings (SSSR count). The fourth-order valence-electron chi connectivity index (χ4n) is 2.91. The number of carbonyl (C=O) groups excluding carboxylic acids is 1. The van der Waals surface area contributed by atoms with Crippen LogP contribution in [-0.4, -0.2) is 36.6 Å². The first-order valence-corrected chi connectivity index (χ1v) is 9.26. The Kier molecular flexibility index (Phi) is 6.63. The van der Waals surface area contributed by atoms with Crippen molar-refractivity contribution in [3.63, 3.8) is 0 Å². The molecule has 0 saturated carbocycles. The Hall–Kier alpha value is -3.61. The summed E-state index contributed by atoms with van der Waals surface area (Å²) in [6.45, 7) is 2.40. The van der Waals surface area contributed by atoms with Gasteiger partial charge in [0, 0.05) is 24.4 Å². The van der Waals surface area contributed by atoms with Crippen LogP contribution in [0.4, 0.5) is 11.5 Å². The van der Waals surface area contributed by atoms with E-state index < -0.39 is 0 Å². The molecular weight excluding hydrogens is 368 g/mol. The molecule has 2 N–H and O–H groups in total. The van der Waals surface area contributed by atoms with Crippen molar-refractivity contribution in [3.05, 3.63) is 71.7 Å². The minimum atomic E-state index is -0.309. The minimum Gasteiger partial charge on any atom is -0.497 e. The summed E-state index contributed by atoms with van der Waals surface area (Å²) < 4.78 is 10.6. The second kappa shape index (κ2) is 9.54. The van der Waals surface area contributed by atoms with Gasteiger partial charge in [-0.05, 0) is 37.1 Å². The topological polar surface area (TPSA) is 85.4 Å². The zero-order valence-corrected chi connectivity index (χ0v) is 16.7. The van der Waals surface area contributed by atoms with E-state index in [1.165, 1.54) is 0 Å². The Morgan fingerprint density at radius 1 is 1.00 bits per heavy atom. The van der Waals surface area contributed by atoms with Crippen LogP contribution in [0.1, 0.15) is 21.9 Å². The maximum absolute atomic E-state index is 12.6. The highest BCUT2D eigenvalue weighted by Gasteiger charge is 2.11. The van der Waals surface area contributed by atoms with Crippen LogP contribution in [0.2, 0.25) is 0 Å². The second-order valence-corrected chi connectivity index (χ2v) is 6.36. The lowest BCUT2D eigenvalue weighted by Gasteiger charge is -2.11. The van der Waals surface area contributed by atoms with Gasteiger partial charge < -0.3 is 20.1 Å². The molecule has 7 heteroatoms. The first-order chi connectivity index (χ1) is 14.1. The maximum Gasteiger partial charge on any atom is 0.274 e. The number of hydrogen-bond donors (Lipinski definition) is 2. The Bertz CT molecular complexity index is 991. The van der Waals surface area contributed by atoms with Gasteiger partial charge in [-0.25, -0.2) is 9.97 Å². The molecule has 0 fully saturated rings. The average molecular weight is 392 g/mol. The third kappa shape index (κ3) is 5.44. The van der Waals surface area contributed by atoms with Crippen LogP contribution in [0.5, 0.6) is 11.5 Å². The van der Waals surface area contributed by atoms with E-state index >= 15 is 0 Å². The summed E-state index contributed by atoms with van der Waals surface area (Å²) in [6.07, 6.45) is 0.762. The Morgan fingerprint density at radius 3 is 2.62 bits per heavy atom. The number of rotatable bonds is 8. The van der Waals surface area contributed by atoms with Crippen molar-refractivity contribution in [2.75, 3.05) is 31.4 Å². The third-order valence-electron chi connectivity index (χ3n) is 4.29. The standard InChI is InChI=1S/C22H24N4O3/c1-15-24-19(22(27)26-17-8-6-9-18(13-17)28-2)14-21(25-15)23-12-11-16-7-4-5-10-20(16)29-3/h4-10,13-14H,11-12H2,1-3H3,(H,26,27)(H,23,24,25). The van der Waals surface area contributed by atoms with Crippen LogP contribution in [-0.2, 0) is 6.42 Å². The van der Waals surface area contributed by atoms with E-state index in [4.69, 9.17) is 9.47 Å². The second-order valence-electron chi connectivity index (χ2n) is 6.36. The van der Waals surface area contributed by atoms with Crippen molar-refractivity contribution in [3.8, 4) is 11.5 Å². The van der Waals surface area contributed by atoms with Gasteiger partial charge in [0.25, 0.3) is 5.91 Å². The molecule has 0 aliphatic rings. The van der Waals surface area contributed by atoms with Crippen molar-refractivity contribution in [1.29, 1.82) is 0 Å². The van der Waals surface area contributed by atoms with Gasteiger partial charge >= 0.3 is 0 Å². The SMILES string of the molecule is COc1cccc(NC(=O)c2cc(NCCc3ccccc3OC)nc(C)n2)c1. The van der Waals surface area contributed by atoms with E-state index in [0.717, 1.165) is 17.7 Å². The number of para-hydroxylation sites is 1. The van der Waals surface area contributed by atoms with Crippen LogP contribution < -0.4 is 20.1 Å². The highest BCUT2D eigenvalue weighted by atomic mass is 16.5. The number of nitrogens with one attached hydrogen (secondary N) is 2. The van der Waals surface area contributed by atoms with Crippen molar-refractivity contribution in [1.82, 2.24) is 9.97 Å². The Labute approximate surface area is 170 Å². The number of aryl methyl sites for hydroxylation is 1. The van der Waals surface area contributed by atoms with Crippen molar-refractivity contribution < 1.29 is 14.3 Å². The summed E-state index contributed by atoms with van der Waals surface area (Å²) in [6, 6.07) is 16.7. The highest BCUT2D eigenvalue weighted by molar-refractivity contribution is 6.03. The number of methoxy groups -OCH3 is 2. The highest BCUT2D eigenvalue weighted by Crippen LogP contribution is 2.19. The van der Waals surface area contributed by atoms with Gasteiger partial charge in [0.2, 0.25) is 0 Å². The molecule has 3 aromatic rings. The molecule has 1 amide bonds. The third-order valence-corrected chi connectivity index (χ3v) is 4.29. The molecule has 0 spiro atoms. The molecule has 0 unspecified atom stereocenters. The maximum atomic E-state index is 12.6. The molecule has 150 valence electrons. The zero-order chi connectivity index (χ0) is 20.6. The average Bonchev–Trinajstić information content (AvgIpc) is 2.74. The predicted molar refractivity (Wildman–Crippen MR) is 113 cm³/mol. The van der Waals surface area contributed by atoms with E-state index in [1.807, 2.05) is 36.4 Å². The van der Waals surface area contributed by atoms with Crippen molar-refractivity contribution >= 4 is 17.4 Å².